The zero-order valence-corrected chi connectivity index (χ0v) is 10.6. The molecule has 0 unspecified atom stereocenters. The molecule has 4 heteroatoms. The van der Waals surface area contributed by atoms with Crippen LogP contribution in [-0.4, -0.2) is 49.6 Å². The van der Waals surface area contributed by atoms with Gasteiger partial charge in [0.05, 0.1) is 6.54 Å². The van der Waals surface area contributed by atoms with Crippen LogP contribution in [0.4, 0.5) is 0 Å². The normalized spacial score (nSPS) is 13.3. The minimum absolute atomic E-state index is 0.0935. The summed E-state index contributed by atoms with van der Waals surface area (Å²) in [7, 11) is 1.96. The molecule has 0 saturated heterocycles. The molecule has 0 radical (unpaired) electrons. The van der Waals surface area contributed by atoms with Crippen molar-refractivity contribution >= 4 is 5.91 Å². The Morgan fingerprint density at radius 2 is 1.93 bits per heavy atom. The summed E-state index contributed by atoms with van der Waals surface area (Å²) in [5, 5.41) is 6.16. The molecule has 90 valence electrons. The number of hydrogen-bond donors (Lipinski definition) is 2. The predicted molar refractivity (Wildman–Crippen MR) is 63.9 cm³/mol. The molecule has 2 N–H and O–H groups in total. The molecule has 0 aliphatic rings. The van der Waals surface area contributed by atoms with Crippen LogP contribution < -0.4 is 10.6 Å². The van der Waals surface area contributed by atoms with E-state index in [0.29, 0.717) is 25.2 Å². The fourth-order valence-electron chi connectivity index (χ4n) is 1.15. The zero-order chi connectivity index (χ0) is 11.8. The van der Waals surface area contributed by atoms with Gasteiger partial charge < -0.3 is 10.6 Å². The standard InChI is InChI=1S/C11H25N3O/c1-6-12-10(4)7-13-11(15)8-14(5)9(2)3/h9-10,12H,6-8H2,1-5H3,(H,13,15)/t10-/m1/s1. The molecule has 0 aliphatic heterocycles. The van der Waals surface area contributed by atoms with Gasteiger partial charge in [-0.25, -0.2) is 0 Å². The Morgan fingerprint density at radius 1 is 1.33 bits per heavy atom. The van der Waals surface area contributed by atoms with Crippen LogP contribution >= 0.6 is 0 Å². The molecule has 0 bridgehead atoms. The number of nitrogens with zero attached hydrogens (tertiary/aromatic N) is 1. The van der Waals surface area contributed by atoms with Gasteiger partial charge in [0.1, 0.15) is 0 Å². The Hall–Kier alpha value is -0.610. The average molecular weight is 215 g/mol. The van der Waals surface area contributed by atoms with Gasteiger partial charge in [-0.3, -0.25) is 9.69 Å². The first-order valence-corrected chi connectivity index (χ1v) is 5.67. The average Bonchev–Trinajstić information content (AvgIpc) is 2.15. The van der Waals surface area contributed by atoms with Crippen molar-refractivity contribution < 1.29 is 4.79 Å². The second-order valence-corrected chi connectivity index (χ2v) is 4.27. The number of rotatable bonds is 7. The van der Waals surface area contributed by atoms with Crippen molar-refractivity contribution in [2.45, 2.75) is 39.8 Å². The molecule has 0 saturated carbocycles. The molecule has 1 atom stereocenters. The molecule has 0 spiro atoms. The third kappa shape index (κ3) is 7.33. The first-order chi connectivity index (χ1) is 6.97. The van der Waals surface area contributed by atoms with Crippen LogP contribution in [0, 0.1) is 0 Å². The Bertz CT molecular complexity index is 183. The Kier molecular flexibility index (Phi) is 7.34. The first kappa shape index (κ1) is 14.4. The summed E-state index contributed by atoms with van der Waals surface area (Å²) in [6.45, 7) is 10.4. The molecular formula is C11H25N3O. The number of hydrogen-bond acceptors (Lipinski definition) is 3. The third-order valence-electron chi connectivity index (χ3n) is 2.43. The number of amides is 1. The Balaban J connectivity index is 3.66. The van der Waals surface area contributed by atoms with Crippen molar-refractivity contribution in [3.05, 3.63) is 0 Å². The summed E-state index contributed by atoms with van der Waals surface area (Å²) in [5.74, 6) is 0.0935. The van der Waals surface area contributed by atoms with Crippen molar-refractivity contribution in [2.75, 3.05) is 26.7 Å². The maximum atomic E-state index is 11.5. The molecule has 0 aromatic rings. The zero-order valence-electron chi connectivity index (χ0n) is 10.6. The molecule has 15 heavy (non-hydrogen) atoms. The lowest BCUT2D eigenvalue weighted by atomic mass is 10.3. The van der Waals surface area contributed by atoms with E-state index in [4.69, 9.17) is 0 Å². The van der Waals surface area contributed by atoms with Crippen molar-refractivity contribution in [3.8, 4) is 0 Å². The topological polar surface area (TPSA) is 44.4 Å². The van der Waals surface area contributed by atoms with Crippen LogP contribution in [0.15, 0.2) is 0 Å². The van der Waals surface area contributed by atoms with Gasteiger partial charge in [-0.15, -0.1) is 0 Å². The van der Waals surface area contributed by atoms with E-state index in [1.165, 1.54) is 0 Å². The smallest absolute Gasteiger partial charge is 0.234 e. The fourth-order valence-corrected chi connectivity index (χ4v) is 1.15. The van der Waals surface area contributed by atoms with Crippen LogP contribution in [0.25, 0.3) is 0 Å². The van der Waals surface area contributed by atoms with Gasteiger partial charge in [-0.05, 0) is 34.4 Å². The van der Waals surface area contributed by atoms with Crippen LogP contribution in [0.3, 0.4) is 0 Å². The lowest BCUT2D eigenvalue weighted by Crippen LogP contribution is -2.43. The summed E-state index contributed by atoms with van der Waals surface area (Å²) >= 11 is 0. The van der Waals surface area contributed by atoms with Gasteiger partial charge >= 0.3 is 0 Å². The lowest BCUT2D eigenvalue weighted by Gasteiger charge is -2.21. The van der Waals surface area contributed by atoms with E-state index in [1.54, 1.807) is 0 Å². The number of carbonyl (C=O) groups is 1. The number of carbonyl (C=O) groups excluding carboxylic acids is 1. The van der Waals surface area contributed by atoms with Crippen LogP contribution in [0.1, 0.15) is 27.7 Å². The van der Waals surface area contributed by atoms with E-state index in [-0.39, 0.29) is 5.91 Å². The minimum Gasteiger partial charge on any atom is -0.353 e. The summed E-state index contributed by atoms with van der Waals surface area (Å²) in [4.78, 5) is 13.5. The minimum atomic E-state index is 0.0935. The first-order valence-electron chi connectivity index (χ1n) is 5.67. The van der Waals surface area contributed by atoms with E-state index < -0.39 is 0 Å². The van der Waals surface area contributed by atoms with E-state index in [9.17, 15) is 4.79 Å². The molecule has 0 aromatic carbocycles. The highest BCUT2D eigenvalue weighted by molar-refractivity contribution is 5.78. The number of nitrogens with one attached hydrogen (secondary N) is 2. The van der Waals surface area contributed by atoms with Gasteiger partial charge in [0.15, 0.2) is 0 Å². The van der Waals surface area contributed by atoms with Gasteiger partial charge in [-0.1, -0.05) is 6.92 Å². The fraction of sp³-hybridized carbons (Fsp3) is 0.909. The number of likely N-dealkylation sites (N-methyl/N-ethyl adjacent to an activating group) is 2. The maximum absolute atomic E-state index is 11.5. The quantitative estimate of drug-likeness (QED) is 0.648. The second-order valence-electron chi connectivity index (χ2n) is 4.27. The van der Waals surface area contributed by atoms with Crippen LogP contribution in [0.5, 0.6) is 0 Å². The summed E-state index contributed by atoms with van der Waals surface area (Å²) < 4.78 is 0. The molecule has 1 amide bonds. The summed E-state index contributed by atoms with van der Waals surface area (Å²) in [6.07, 6.45) is 0. The maximum Gasteiger partial charge on any atom is 0.234 e. The third-order valence-corrected chi connectivity index (χ3v) is 2.43. The Morgan fingerprint density at radius 3 is 2.40 bits per heavy atom. The monoisotopic (exact) mass is 215 g/mol. The van der Waals surface area contributed by atoms with Crippen LogP contribution in [-0.2, 0) is 4.79 Å². The van der Waals surface area contributed by atoms with Gasteiger partial charge in [0.2, 0.25) is 5.91 Å². The van der Waals surface area contributed by atoms with Crippen molar-refractivity contribution in [2.24, 2.45) is 0 Å². The molecular weight excluding hydrogens is 190 g/mol. The van der Waals surface area contributed by atoms with E-state index in [0.717, 1.165) is 6.54 Å². The Labute approximate surface area is 93.4 Å². The van der Waals surface area contributed by atoms with E-state index >= 15 is 0 Å². The molecule has 0 aliphatic carbocycles. The van der Waals surface area contributed by atoms with Gasteiger partial charge in [0, 0.05) is 18.6 Å². The van der Waals surface area contributed by atoms with Gasteiger partial charge in [-0.2, -0.15) is 0 Å². The van der Waals surface area contributed by atoms with Crippen LogP contribution in [0.2, 0.25) is 0 Å². The van der Waals surface area contributed by atoms with E-state index in [1.807, 2.05) is 11.9 Å². The highest BCUT2D eigenvalue weighted by Crippen LogP contribution is 1.91. The molecule has 0 rings (SSSR count). The molecule has 4 nitrogen and oxygen atoms in total. The van der Waals surface area contributed by atoms with Crippen molar-refractivity contribution in [1.29, 1.82) is 0 Å². The predicted octanol–water partition coefficient (Wildman–Crippen LogP) is 0.441. The largest absolute Gasteiger partial charge is 0.353 e. The summed E-state index contributed by atoms with van der Waals surface area (Å²) in [5.41, 5.74) is 0. The van der Waals surface area contributed by atoms with Gasteiger partial charge in [0.25, 0.3) is 0 Å². The highest BCUT2D eigenvalue weighted by atomic mass is 16.2. The molecule has 0 fully saturated rings. The highest BCUT2D eigenvalue weighted by Gasteiger charge is 2.09. The van der Waals surface area contributed by atoms with Crippen molar-refractivity contribution in [3.63, 3.8) is 0 Å². The second kappa shape index (κ2) is 7.65. The molecule has 0 heterocycles. The van der Waals surface area contributed by atoms with Crippen molar-refractivity contribution in [1.82, 2.24) is 15.5 Å². The summed E-state index contributed by atoms with van der Waals surface area (Å²) in [6, 6.07) is 0.741. The lowest BCUT2D eigenvalue weighted by molar-refractivity contribution is -0.122. The van der Waals surface area contributed by atoms with E-state index in [2.05, 4.69) is 38.3 Å². The SMILES string of the molecule is CCN[C@H](C)CNC(=O)CN(C)C(C)C. The molecule has 0 aromatic heterocycles.